The molecule has 0 atom stereocenters. The van der Waals surface area contributed by atoms with E-state index in [0.717, 1.165) is 117 Å². The molecule has 0 amide bonds. The van der Waals surface area contributed by atoms with Gasteiger partial charge in [-0.1, -0.05) is 84.9 Å². The molecule has 744 valence electrons. The standard InChI is InChI=1S/C16H21N3.C16H22N2O3.C15H15N3.2C15H20N2O2.2C13H16N2O.C10H13N3/c1-13(2)19-12-15(11-17-19)14-6-5-7-16(10-14)18-8-3-4-9-18;1-12(2)18-11-14(10-17-18)13-5-6-15(16(9-13)20-4)21-8-7-19-3;1-11(2)18-10-14(9-17-18)13-6-5-12-4-3-7-16-15(12)8-13;1-12(2)17-11-14(10-16-17)13-4-6-15(7-5-13)19-9-8-18-3;1-12(2)17-11-14(10-16-17)13-5-4-6-15(9-13)19-8-7-18-3;1-10(2)15-9-12(8-14-15)11-4-6-13(16-3)7-5-11;1-10(2)15-9-12(8-14-15)11-5-4-6-13(7-11)16-3;1-7(2)13-4-3-8-5-9(11)6-12-10(8)13/h5-7,10-13H,3-4,8-9H2,1-2H3;5-6,9-12H,7-8H2,1-4H3;3-11H,1-2H3;4-7,10-12H,8-9H2,1-3H3;4-6,9-12H,7-8H2,1-3H3;2*4-10H,1-3H3;3-7H,11H2,1-2H3. The van der Waals surface area contributed by atoms with Crippen LogP contribution < -0.4 is 39.1 Å². The third kappa shape index (κ3) is 31.7. The Hall–Kier alpha value is -14.6. The van der Waals surface area contributed by atoms with Crippen molar-refractivity contribution in [2.75, 3.05) is 106 Å². The van der Waals surface area contributed by atoms with E-state index < -0.39 is 0 Å². The lowest BCUT2D eigenvalue weighted by Crippen LogP contribution is -2.17. The van der Waals surface area contributed by atoms with Crippen LogP contribution in [0.25, 0.3) is 99.8 Å². The summed E-state index contributed by atoms with van der Waals surface area (Å²) in [5.41, 5.74) is 25.6. The number of rotatable bonds is 31. The van der Waals surface area contributed by atoms with E-state index in [1.54, 1.807) is 48.9 Å². The maximum absolute atomic E-state index is 5.64. The van der Waals surface area contributed by atoms with Crippen LogP contribution in [0.3, 0.4) is 0 Å². The highest BCUT2D eigenvalue weighted by atomic mass is 16.5. The fourth-order valence-corrected chi connectivity index (χ4v) is 14.8. The van der Waals surface area contributed by atoms with E-state index in [2.05, 4.69) is 264 Å². The minimum absolute atomic E-state index is 0.345. The highest BCUT2D eigenvalue weighted by molar-refractivity contribution is 5.84. The molecule has 0 spiro atoms. The Labute approximate surface area is 831 Å². The van der Waals surface area contributed by atoms with Crippen molar-refractivity contribution in [3.05, 3.63) is 287 Å². The molecule has 7 aromatic carbocycles. The average molecular weight is 1910 g/mol. The fourth-order valence-electron chi connectivity index (χ4n) is 14.8. The molecule has 0 saturated carbocycles. The molecule has 28 heteroatoms. The van der Waals surface area contributed by atoms with Crippen LogP contribution in [0.15, 0.2) is 287 Å². The molecular formula is C113H143N19O9. The fraction of sp³-hybridized carbons (Fsp3) is 0.354. The highest BCUT2D eigenvalue weighted by Gasteiger charge is 2.18. The number of hydrogen-bond donors (Lipinski definition) is 1. The van der Waals surface area contributed by atoms with E-state index in [1.807, 2.05) is 216 Å². The summed E-state index contributed by atoms with van der Waals surface area (Å²) in [6, 6.07) is 64.2. The Morgan fingerprint density at radius 3 is 1.08 bits per heavy atom. The van der Waals surface area contributed by atoms with Gasteiger partial charge < -0.3 is 57.8 Å². The molecule has 18 rings (SSSR count). The zero-order chi connectivity index (χ0) is 101. The minimum atomic E-state index is 0.345. The first kappa shape index (κ1) is 107. The number of anilines is 2. The number of nitrogens with zero attached hydrogens (tertiary/aromatic N) is 18. The van der Waals surface area contributed by atoms with Crippen molar-refractivity contribution in [3.8, 4) is 112 Å². The van der Waals surface area contributed by atoms with Crippen molar-refractivity contribution in [2.24, 2.45) is 0 Å². The number of benzene rings is 7. The normalized spacial score (nSPS) is 11.6. The van der Waals surface area contributed by atoms with Gasteiger partial charge in [-0.05, 0) is 260 Å². The smallest absolute Gasteiger partial charge is 0.161 e. The topological polar surface area (TPSA) is 268 Å². The molecule has 10 aromatic heterocycles. The monoisotopic (exact) mass is 1910 g/mol. The molecule has 0 unspecified atom stereocenters. The first-order valence-corrected chi connectivity index (χ1v) is 48.4. The Kier molecular flexibility index (Phi) is 41.0. The zero-order valence-electron chi connectivity index (χ0n) is 86.1. The molecule has 1 aliphatic heterocycles. The van der Waals surface area contributed by atoms with Gasteiger partial charge in [-0.3, -0.25) is 37.8 Å². The molecule has 0 aliphatic carbocycles. The van der Waals surface area contributed by atoms with Gasteiger partial charge in [0.15, 0.2) is 11.5 Å². The molecule has 1 saturated heterocycles. The molecule has 141 heavy (non-hydrogen) atoms. The van der Waals surface area contributed by atoms with E-state index in [9.17, 15) is 0 Å². The molecule has 1 aliphatic rings. The van der Waals surface area contributed by atoms with Gasteiger partial charge in [0.05, 0.1) is 102 Å². The first-order chi connectivity index (χ1) is 68.1. The second kappa shape index (κ2) is 54.1. The van der Waals surface area contributed by atoms with Crippen LogP contribution in [0.5, 0.6) is 34.5 Å². The van der Waals surface area contributed by atoms with E-state index in [1.165, 1.54) is 42.7 Å². The summed E-state index contributed by atoms with van der Waals surface area (Å²) in [5, 5.41) is 32.8. The first-order valence-electron chi connectivity index (χ1n) is 48.4. The van der Waals surface area contributed by atoms with Crippen molar-refractivity contribution in [1.82, 2.24) is 83.0 Å². The quantitative estimate of drug-likeness (QED) is 0.0396. The van der Waals surface area contributed by atoms with Crippen LogP contribution in [0.4, 0.5) is 11.4 Å². The Morgan fingerprint density at radius 2 is 0.660 bits per heavy atom. The maximum atomic E-state index is 5.64. The summed E-state index contributed by atoms with van der Waals surface area (Å²) in [6.07, 6.45) is 35.9. The van der Waals surface area contributed by atoms with Crippen molar-refractivity contribution >= 4 is 33.3 Å². The van der Waals surface area contributed by atoms with Gasteiger partial charge in [0.2, 0.25) is 0 Å². The summed E-state index contributed by atoms with van der Waals surface area (Å²) in [7, 11) is 9.97. The van der Waals surface area contributed by atoms with E-state index >= 15 is 0 Å². The predicted octanol–water partition coefficient (Wildman–Crippen LogP) is 25.4. The Morgan fingerprint density at radius 1 is 0.284 bits per heavy atom. The maximum Gasteiger partial charge on any atom is 0.161 e. The molecule has 0 radical (unpaired) electrons. The minimum Gasteiger partial charge on any atom is -0.497 e. The SMILES string of the molecule is CC(C)n1cc(-c2ccc3cccnc3c2)cn1.CC(C)n1cc(-c2cccc(N3CCCC3)c2)cn1.CC(C)n1ccc2cc(N)cnc21.COCCOc1ccc(-c2cnn(C(C)C)c2)cc1.COCCOc1ccc(-c2cnn(C(C)C)c2)cc1OC.COCCOc1cccc(-c2cnn(C(C)C)c2)c1.COc1ccc(-c2cnn(C(C)C)c2)cc1.COc1cccc(-c2cnn(C(C)C)c2)c1. The lowest BCUT2D eigenvalue weighted by molar-refractivity contribution is 0.144. The van der Waals surface area contributed by atoms with Crippen molar-refractivity contribution in [3.63, 3.8) is 0 Å². The van der Waals surface area contributed by atoms with Gasteiger partial charge in [-0.2, -0.15) is 35.7 Å². The summed E-state index contributed by atoms with van der Waals surface area (Å²) in [4.78, 5) is 11.2. The third-order valence-corrected chi connectivity index (χ3v) is 23.0. The molecule has 0 bridgehead atoms. The summed E-state index contributed by atoms with van der Waals surface area (Å²) in [5.74, 6) is 4.88. The van der Waals surface area contributed by atoms with E-state index in [4.69, 9.17) is 48.4 Å². The third-order valence-electron chi connectivity index (χ3n) is 23.0. The number of ether oxygens (including phenoxy) is 9. The van der Waals surface area contributed by atoms with Crippen LogP contribution in [-0.2, 0) is 14.2 Å². The average Bonchev–Trinajstić information content (AvgIpc) is 1.60. The number of hydrogen-bond acceptors (Lipinski definition) is 20. The van der Waals surface area contributed by atoms with Crippen LogP contribution in [-0.4, -0.2) is 178 Å². The van der Waals surface area contributed by atoms with Crippen LogP contribution >= 0.6 is 0 Å². The van der Waals surface area contributed by atoms with E-state index in [0.29, 0.717) is 99.4 Å². The Bertz CT molecular complexity index is 6540. The predicted molar refractivity (Wildman–Crippen MR) is 569 cm³/mol. The number of fused-ring (bicyclic) bond motifs is 2. The largest absolute Gasteiger partial charge is 0.497 e. The number of nitrogen functional groups attached to an aromatic ring is 1. The molecular weight excluding hydrogens is 1770 g/mol. The van der Waals surface area contributed by atoms with Crippen molar-refractivity contribution in [2.45, 2.75) is 172 Å². The Balaban J connectivity index is 0.000000154. The highest BCUT2D eigenvalue weighted by Crippen LogP contribution is 2.36. The van der Waals surface area contributed by atoms with Gasteiger partial charge in [-0.25, -0.2) is 4.98 Å². The number of nitrogens with two attached hydrogens (primary N) is 1. The molecule has 11 heterocycles. The van der Waals surface area contributed by atoms with Gasteiger partial charge >= 0.3 is 0 Å². The molecule has 2 N–H and O–H groups in total. The lowest BCUT2D eigenvalue weighted by atomic mass is 10.1. The summed E-state index contributed by atoms with van der Waals surface area (Å²) >= 11 is 0. The van der Waals surface area contributed by atoms with Gasteiger partial charge in [0, 0.05) is 194 Å². The number of aromatic nitrogens is 17. The van der Waals surface area contributed by atoms with Crippen molar-refractivity contribution in [1.29, 1.82) is 0 Å². The second-order valence-corrected chi connectivity index (χ2v) is 36.2. The van der Waals surface area contributed by atoms with Gasteiger partial charge in [0.25, 0.3) is 0 Å². The number of methoxy groups -OCH3 is 6. The van der Waals surface area contributed by atoms with Crippen LogP contribution in [0, 0.1) is 0 Å². The number of pyridine rings is 2. The second-order valence-electron chi connectivity index (χ2n) is 36.2. The van der Waals surface area contributed by atoms with E-state index in [-0.39, 0.29) is 0 Å². The molecule has 28 nitrogen and oxygen atoms in total. The molecule has 1 fully saturated rings. The van der Waals surface area contributed by atoms with Crippen LogP contribution in [0.1, 0.15) is 172 Å². The lowest BCUT2D eigenvalue weighted by Gasteiger charge is -2.18. The summed E-state index contributed by atoms with van der Waals surface area (Å²) < 4.78 is 63.3. The molecule has 17 aromatic rings. The van der Waals surface area contributed by atoms with Crippen LogP contribution in [0.2, 0.25) is 0 Å². The van der Waals surface area contributed by atoms with Crippen molar-refractivity contribution < 1.29 is 42.6 Å². The summed E-state index contributed by atoms with van der Waals surface area (Å²) in [6.45, 7) is 39.7. The van der Waals surface area contributed by atoms with Gasteiger partial charge in [-0.15, -0.1) is 0 Å². The zero-order valence-corrected chi connectivity index (χ0v) is 86.1. The van der Waals surface area contributed by atoms with Gasteiger partial charge in [0.1, 0.15) is 48.5 Å².